The SMILES string of the molecule is CCOC(=O)CN1CCC(CC2CC(c3ccc(C#N)cc3)=NO2)(OCc2ccccc2)CC1. The number of hydrogen-bond donors (Lipinski definition) is 0. The fraction of sp³-hybridized carbons (Fsp3) is 0.444. The number of nitrogens with zero attached hydrogens (tertiary/aromatic N) is 3. The van der Waals surface area contributed by atoms with E-state index in [0.29, 0.717) is 31.7 Å². The van der Waals surface area contributed by atoms with E-state index >= 15 is 0 Å². The zero-order chi connectivity index (χ0) is 23.8. The van der Waals surface area contributed by atoms with Crippen LogP contribution in [0.1, 0.15) is 49.3 Å². The summed E-state index contributed by atoms with van der Waals surface area (Å²) in [5.74, 6) is -0.181. The third-order valence-electron chi connectivity index (χ3n) is 6.49. The van der Waals surface area contributed by atoms with E-state index in [-0.39, 0.29) is 17.7 Å². The van der Waals surface area contributed by atoms with Gasteiger partial charge in [-0.25, -0.2) is 0 Å². The molecule has 2 aromatic carbocycles. The molecule has 34 heavy (non-hydrogen) atoms. The molecule has 7 heteroatoms. The minimum Gasteiger partial charge on any atom is -0.465 e. The van der Waals surface area contributed by atoms with Crippen LogP contribution in [0, 0.1) is 11.3 Å². The van der Waals surface area contributed by atoms with Gasteiger partial charge in [-0.05, 0) is 43.0 Å². The number of benzene rings is 2. The molecule has 1 saturated heterocycles. The molecule has 0 saturated carbocycles. The van der Waals surface area contributed by atoms with Crippen molar-refractivity contribution in [3.63, 3.8) is 0 Å². The highest BCUT2D eigenvalue weighted by Crippen LogP contribution is 2.35. The topological polar surface area (TPSA) is 84.2 Å². The van der Waals surface area contributed by atoms with Crippen LogP contribution >= 0.6 is 0 Å². The molecule has 2 aliphatic rings. The summed E-state index contributed by atoms with van der Waals surface area (Å²) < 4.78 is 11.7. The molecule has 4 rings (SSSR count). The van der Waals surface area contributed by atoms with Gasteiger partial charge in [0.1, 0.15) is 6.10 Å². The van der Waals surface area contributed by atoms with Gasteiger partial charge >= 0.3 is 5.97 Å². The monoisotopic (exact) mass is 461 g/mol. The van der Waals surface area contributed by atoms with Gasteiger partial charge in [-0.15, -0.1) is 0 Å². The van der Waals surface area contributed by atoms with Crippen LogP contribution in [0.3, 0.4) is 0 Å². The molecule has 2 aliphatic heterocycles. The van der Waals surface area contributed by atoms with Gasteiger partial charge in [-0.2, -0.15) is 5.26 Å². The summed E-state index contributed by atoms with van der Waals surface area (Å²) in [5.41, 5.74) is 3.29. The highest BCUT2D eigenvalue weighted by molar-refractivity contribution is 6.01. The lowest BCUT2D eigenvalue weighted by atomic mass is 9.84. The van der Waals surface area contributed by atoms with E-state index in [1.165, 1.54) is 0 Å². The average molecular weight is 462 g/mol. The highest BCUT2D eigenvalue weighted by Gasteiger charge is 2.40. The number of ether oxygens (including phenoxy) is 2. The van der Waals surface area contributed by atoms with E-state index in [4.69, 9.17) is 19.6 Å². The minimum atomic E-state index is -0.346. The number of hydrogen-bond acceptors (Lipinski definition) is 7. The van der Waals surface area contributed by atoms with Crippen molar-refractivity contribution in [2.24, 2.45) is 5.16 Å². The normalized spacial score (nSPS) is 19.6. The number of carbonyl (C=O) groups excluding carboxylic acids is 1. The van der Waals surface area contributed by atoms with Crippen LogP contribution in [0.25, 0.3) is 0 Å². The van der Waals surface area contributed by atoms with Crippen molar-refractivity contribution in [2.45, 2.75) is 50.9 Å². The van der Waals surface area contributed by atoms with Gasteiger partial charge in [0.25, 0.3) is 0 Å². The van der Waals surface area contributed by atoms with Gasteiger partial charge in [0, 0.05) is 25.9 Å². The van der Waals surface area contributed by atoms with Crippen LogP contribution in [0.2, 0.25) is 0 Å². The maximum atomic E-state index is 11.9. The predicted octanol–water partition coefficient (Wildman–Crippen LogP) is 4.06. The van der Waals surface area contributed by atoms with Crippen LogP contribution in [0.15, 0.2) is 59.8 Å². The van der Waals surface area contributed by atoms with Crippen LogP contribution in [0.4, 0.5) is 0 Å². The molecular weight excluding hydrogens is 430 g/mol. The van der Waals surface area contributed by atoms with Crippen molar-refractivity contribution in [3.8, 4) is 6.07 Å². The molecule has 1 unspecified atom stereocenters. The first-order valence-corrected chi connectivity index (χ1v) is 11.9. The Labute approximate surface area is 200 Å². The van der Waals surface area contributed by atoms with Gasteiger partial charge in [-0.1, -0.05) is 47.6 Å². The standard InChI is InChI=1S/C27H31N3O4/c1-2-32-26(31)19-30-14-12-27(13-15-30,33-20-22-6-4-3-5-7-22)17-24-16-25(29-34-24)23-10-8-21(18-28)9-11-23/h3-11,24H,2,12-17,19-20H2,1H3. The summed E-state index contributed by atoms with van der Waals surface area (Å²) in [6.07, 6.45) is 2.99. The van der Waals surface area contributed by atoms with Crippen molar-refractivity contribution < 1.29 is 19.1 Å². The zero-order valence-corrected chi connectivity index (χ0v) is 19.6. The molecule has 1 atom stereocenters. The minimum absolute atomic E-state index is 0.0713. The molecule has 0 radical (unpaired) electrons. The zero-order valence-electron chi connectivity index (χ0n) is 19.6. The number of carbonyl (C=O) groups is 1. The molecule has 2 heterocycles. The first-order valence-electron chi connectivity index (χ1n) is 11.9. The Bertz CT molecular complexity index is 1020. The van der Waals surface area contributed by atoms with Crippen molar-refractivity contribution in [1.29, 1.82) is 5.26 Å². The second-order valence-electron chi connectivity index (χ2n) is 8.90. The summed E-state index contributed by atoms with van der Waals surface area (Å²) in [5, 5.41) is 13.4. The molecule has 0 aliphatic carbocycles. The fourth-order valence-electron chi connectivity index (χ4n) is 4.59. The molecule has 0 amide bonds. The molecular formula is C27H31N3O4. The summed E-state index contributed by atoms with van der Waals surface area (Å²) in [6.45, 7) is 4.61. The van der Waals surface area contributed by atoms with Gasteiger partial charge in [0.2, 0.25) is 0 Å². The van der Waals surface area contributed by atoms with E-state index in [1.807, 2.05) is 37.3 Å². The smallest absolute Gasteiger partial charge is 0.320 e. The Morgan fingerprint density at radius 3 is 2.59 bits per heavy atom. The van der Waals surface area contributed by atoms with Crippen molar-refractivity contribution >= 4 is 11.7 Å². The molecule has 2 aromatic rings. The first-order chi connectivity index (χ1) is 16.6. The third-order valence-corrected chi connectivity index (χ3v) is 6.49. The molecule has 1 fully saturated rings. The molecule has 0 spiro atoms. The second-order valence-corrected chi connectivity index (χ2v) is 8.90. The van der Waals surface area contributed by atoms with E-state index in [9.17, 15) is 4.79 Å². The number of esters is 1. The molecule has 0 bridgehead atoms. The van der Waals surface area contributed by atoms with Gasteiger partial charge in [0.05, 0.1) is 42.7 Å². The molecule has 178 valence electrons. The van der Waals surface area contributed by atoms with E-state index in [0.717, 1.165) is 49.2 Å². The first kappa shape index (κ1) is 23.9. The van der Waals surface area contributed by atoms with Crippen LogP contribution < -0.4 is 0 Å². The van der Waals surface area contributed by atoms with Crippen molar-refractivity contribution in [1.82, 2.24) is 4.90 Å². The summed E-state index contributed by atoms with van der Waals surface area (Å²) >= 11 is 0. The number of piperidine rings is 1. The Hall–Kier alpha value is -3.21. The summed E-state index contributed by atoms with van der Waals surface area (Å²) in [6, 6.07) is 19.8. The van der Waals surface area contributed by atoms with Crippen LogP contribution in [-0.4, -0.2) is 54.5 Å². The van der Waals surface area contributed by atoms with E-state index in [2.05, 4.69) is 28.3 Å². The Kier molecular flexibility index (Phi) is 7.94. The predicted molar refractivity (Wildman–Crippen MR) is 128 cm³/mol. The maximum absolute atomic E-state index is 11.9. The summed E-state index contributed by atoms with van der Waals surface area (Å²) in [4.78, 5) is 19.9. The van der Waals surface area contributed by atoms with Crippen LogP contribution in [-0.2, 0) is 25.7 Å². The van der Waals surface area contributed by atoms with Gasteiger partial charge in [0.15, 0.2) is 0 Å². The fourth-order valence-corrected chi connectivity index (χ4v) is 4.59. The lowest BCUT2D eigenvalue weighted by molar-refractivity contribution is -0.148. The molecule has 7 nitrogen and oxygen atoms in total. The average Bonchev–Trinajstić information content (AvgIpc) is 3.33. The van der Waals surface area contributed by atoms with Crippen molar-refractivity contribution in [3.05, 3.63) is 71.3 Å². The number of rotatable bonds is 9. The third kappa shape index (κ3) is 6.22. The second kappa shape index (κ2) is 11.3. The maximum Gasteiger partial charge on any atom is 0.320 e. The Morgan fingerprint density at radius 2 is 1.91 bits per heavy atom. The van der Waals surface area contributed by atoms with Crippen LogP contribution in [0.5, 0.6) is 0 Å². The lowest BCUT2D eigenvalue weighted by Gasteiger charge is -2.42. The van der Waals surface area contributed by atoms with Crippen molar-refractivity contribution in [2.75, 3.05) is 26.2 Å². The largest absolute Gasteiger partial charge is 0.465 e. The lowest BCUT2D eigenvalue weighted by Crippen LogP contribution is -2.49. The number of oxime groups is 1. The number of nitriles is 1. The van der Waals surface area contributed by atoms with E-state index in [1.54, 1.807) is 12.1 Å². The van der Waals surface area contributed by atoms with E-state index < -0.39 is 0 Å². The molecule has 0 aromatic heterocycles. The van der Waals surface area contributed by atoms with Gasteiger partial charge in [-0.3, -0.25) is 9.69 Å². The molecule has 0 N–H and O–H groups in total. The summed E-state index contributed by atoms with van der Waals surface area (Å²) in [7, 11) is 0. The number of likely N-dealkylation sites (tertiary alicyclic amines) is 1. The Balaban J connectivity index is 1.39. The Morgan fingerprint density at radius 1 is 1.18 bits per heavy atom. The highest BCUT2D eigenvalue weighted by atomic mass is 16.6. The quantitative estimate of drug-likeness (QED) is 0.524. The van der Waals surface area contributed by atoms with Gasteiger partial charge < -0.3 is 14.3 Å².